The summed E-state index contributed by atoms with van der Waals surface area (Å²) in [5.74, 6) is 2.69. The Kier molecular flexibility index (Phi) is 2.55. The van der Waals surface area contributed by atoms with E-state index in [0.29, 0.717) is 5.92 Å². The average Bonchev–Trinajstić information content (AvgIpc) is 2.85. The normalized spacial score (nSPS) is 18.5. The Bertz CT molecular complexity index is 601. The van der Waals surface area contributed by atoms with Crippen LogP contribution in [0.25, 0.3) is 11.3 Å². The Morgan fingerprint density at radius 2 is 2.21 bits per heavy atom. The fraction of sp³-hybridized carbons (Fsp3) is 0.400. The van der Waals surface area contributed by atoms with E-state index in [-0.39, 0.29) is 0 Å². The second kappa shape index (κ2) is 4.38. The molecule has 1 aromatic carbocycles. The molecule has 2 aliphatic rings. The van der Waals surface area contributed by atoms with Crippen molar-refractivity contribution >= 4 is 0 Å². The minimum absolute atomic E-state index is 0.551. The molecule has 19 heavy (non-hydrogen) atoms. The zero-order chi connectivity index (χ0) is 12.7. The van der Waals surface area contributed by atoms with Crippen LogP contribution in [0.3, 0.4) is 0 Å². The summed E-state index contributed by atoms with van der Waals surface area (Å²) in [6.45, 7) is 2.91. The molecule has 0 atom stereocenters. The van der Waals surface area contributed by atoms with E-state index in [9.17, 15) is 0 Å². The molecule has 0 spiro atoms. The van der Waals surface area contributed by atoms with E-state index in [1.807, 2.05) is 6.20 Å². The number of rotatable bonds is 2. The van der Waals surface area contributed by atoms with Gasteiger partial charge in [-0.2, -0.15) is 0 Å². The number of H-pyrrole nitrogens is 1. The maximum absolute atomic E-state index is 5.65. The maximum atomic E-state index is 5.65. The second-order valence-electron chi connectivity index (χ2n) is 5.31. The molecule has 0 aliphatic carbocycles. The van der Waals surface area contributed by atoms with Gasteiger partial charge < -0.3 is 15.0 Å². The Labute approximate surface area is 112 Å². The molecular weight excluding hydrogens is 238 g/mol. The van der Waals surface area contributed by atoms with Crippen LogP contribution in [0.4, 0.5) is 0 Å². The molecule has 1 fully saturated rings. The summed E-state index contributed by atoms with van der Waals surface area (Å²) >= 11 is 0. The van der Waals surface area contributed by atoms with Crippen LogP contribution < -0.4 is 10.1 Å². The molecular formula is C15H17N3O. The SMILES string of the molecule is c1cc2c(cc1-c1cnc(C3CNC3)[nH]1)CCCO2. The Morgan fingerprint density at radius 1 is 1.26 bits per heavy atom. The lowest BCUT2D eigenvalue weighted by atomic mass is 10.0. The molecule has 3 heterocycles. The number of aryl methyl sites for hydroxylation is 1. The van der Waals surface area contributed by atoms with Gasteiger partial charge in [-0.3, -0.25) is 0 Å². The van der Waals surface area contributed by atoms with Gasteiger partial charge in [0.25, 0.3) is 0 Å². The number of aromatic nitrogens is 2. The highest BCUT2D eigenvalue weighted by Crippen LogP contribution is 2.30. The summed E-state index contributed by atoms with van der Waals surface area (Å²) in [6.07, 6.45) is 4.16. The van der Waals surface area contributed by atoms with Crippen LogP contribution in [0.2, 0.25) is 0 Å². The van der Waals surface area contributed by atoms with Gasteiger partial charge in [-0.1, -0.05) is 0 Å². The summed E-state index contributed by atoms with van der Waals surface area (Å²) in [5.41, 5.74) is 3.62. The first-order valence-corrected chi connectivity index (χ1v) is 6.92. The number of fused-ring (bicyclic) bond motifs is 1. The van der Waals surface area contributed by atoms with Crippen molar-refractivity contribution < 1.29 is 4.74 Å². The van der Waals surface area contributed by atoms with Crippen LogP contribution in [0, 0.1) is 0 Å². The van der Waals surface area contributed by atoms with E-state index >= 15 is 0 Å². The number of aromatic amines is 1. The molecule has 2 aromatic rings. The number of nitrogens with one attached hydrogen (secondary N) is 2. The fourth-order valence-corrected chi connectivity index (χ4v) is 2.70. The lowest BCUT2D eigenvalue weighted by molar-refractivity contribution is 0.288. The van der Waals surface area contributed by atoms with Gasteiger partial charge in [0.2, 0.25) is 0 Å². The van der Waals surface area contributed by atoms with Crippen molar-refractivity contribution in [2.24, 2.45) is 0 Å². The van der Waals surface area contributed by atoms with Crippen molar-refractivity contribution in [2.75, 3.05) is 19.7 Å². The molecule has 4 nitrogen and oxygen atoms in total. The first-order valence-electron chi connectivity index (χ1n) is 6.92. The first-order chi connectivity index (χ1) is 9.40. The number of hydrogen-bond donors (Lipinski definition) is 2. The lowest BCUT2D eigenvalue weighted by Crippen LogP contribution is -2.40. The molecule has 1 aromatic heterocycles. The Hall–Kier alpha value is -1.81. The summed E-state index contributed by atoms with van der Waals surface area (Å²) in [6, 6.07) is 6.42. The standard InChI is InChI=1S/C15H17N3O/c1-2-11-6-10(3-4-14(11)19-5-1)13-9-17-15(18-13)12-7-16-8-12/h3-4,6,9,12,16H,1-2,5,7-8H2,(H,17,18). The molecule has 0 radical (unpaired) electrons. The Balaban J connectivity index is 1.65. The number of imidazole rings is 1. The van der Waals surface area contributed by atoms with E-state index in [1.165, 1.54) is 11.1 Å². The van der Waals surface area contributed by atoms with Crippen LogP contribution in [-0.2, 0) is 6.42 Å². The molecule has 0 saturated carbocycles. The topological polar surface area (TPSA) is 49.9 Å². The predicted octanol–water partition coefficient (Wildman–Crippen LogP) is 2.09. The van der Waals surface area contributed by atoms with Crippen LogP contribution in [-0.4, -0.2) is 29.7 Å². The molecule has 0 bridgehead atoms. The summed E-state index contributed by atoms with van der Waals surface area (Å²) in [5, 5.41) is 3.27. The van der Waals surface area contributed by atoms with E-state index in [1.54, 1.807) is 0 Å². The third-order valence-electron chi connectivity index (χ3n) is 3.98. The van der Waals surface area contributed by atoms with Crippen molar-refractivity contribution in [2.45, 2.75) is 18.8 Å². The van der Waals surface area contributed by atoms with E-state index in [2.05, 4.69) is 33.5 Å². The quantitative estimate of drug-likeness (QED) is 0.864. The first kappa shape index (κ1) is 11.1. The molecule has 98 valence electrons. The lowest BCUT2D eigenvalue weighted by Gasteiger charge is -2.24. The highest BCUT2D eigenvalue weighted by molar-refractivity contribution is 5.62. The largest absolute Gasteiger partial charge is 0.493 e. The van der Waals surface area contributed by atoms with Gasteiger partial charge >= 0.3 is 0 Å². The summed E-state index contributed by atoms with van der Waals surface area (Å²) in [7, 11) is 0. The van der Waals surface area contributed by atoms with Gasteiger partial charge in [0.1, 0.15) is 11.6 Å². The number of hydrogen-bond acceptors (Lipinski definition) is 3. The molecule has 2 aliphatic heterocycles. The van der Waals surface area contributed by atoms with Crippen molar-refractivity contribution in [1.29, 1.82) is 0 Å². The smallest absolute Gasteiger partial charge is 0.122 e. The van der Waals surface area contributed by atoms with E-state index < -0.39 is 0 Å². The monoisotopic (exact) mass is 255 g/mol. The molecule has 0 amide bonds. The highest BCUT2D eigenvalue weighted by atomic mass is 16.5. The van der Waals surface area contributed by atoms with Crippen molar-refractivity contribution in [3.05, 3.63) is 35.8 Å². The van der Waals surface area contributed by atoms with Gasteiger partial charge in [-0.05, 0) is 36.6 Å². The van der Waals surface area contributed by atoms with Crippen LogP contribution >= 0.6 is 0 Å². The van der Waals surface area contributed by atoms with Crippen molar-refractivity contribution in [3.63, 3.8) is 0 Å². The Morgan fingerprint density at radius 3 is 3.05 bits per heavy atom. The van der Waals surface area contributed by atoms with Gasteiger partial charge in [0, 0.05) is 24.6 Å². The summed E-state index contributed by atoms with van der Waals surface area (Å²) in [4.78, 5) is 7.95. The van der Waals surface area contributed by atoms with Crippen LogP contribution in [0.5, 0.6) is 5.75 Å². The second-order valence-corrected chi connectivity index (χ2v) is 5.31. The van der Waals surface area contributed by atoms with Gasteiger partial charge in [0.05, 0.1) is 18.5 Å². The van der Waals surface area contributed by atoms with Crippen molar-refractivity contribution in [3.8, 4) is 17.0 Å². The van der Waals surface area contributed by atoms with Gasteiger partial charge in [0.15, 0.2) is 0 Å². The van der Waals surface area contributed by atoms with Gasteiger partial charge in [-0.25, -0.2) is 4.98 Å². The molecule has 0 unspecified atom stereocenters. The number of ether oxygens (including phenoxy) is 1. The zero-order valence-electron chi connectivity index (χ0n) is 10.8. The molecule has 4 rings (SSSR count). The van der Waals surface area contributed by atoms with Gasteiger partial charge in [-0.15, -0.1) is 0 Å². The maximum Gasteiger partial charge on any atom is 0.122 e. The third-order valence-corrected chi connectivity index (χ3v) is 3.98. The zero-order valence-corrected chi connectivity index (χ0v) is 10.8. The van der Waals surface area contributed by atoms with E-state index in [4.69, 9.17) is 4.74 Å². The van der Waals surface area contributed by atoms with Crippen LogP contribution in [0.1, 0.15) is 23.7 Å². The predicted molar refractivity (Wildman–Crippen MR) is 73.5 cm³/mol. The number of benzene rings is 1. The third kappa shape index (κ3) is 1.92. The van der Waals surface area contributed by atoms with Crippen molar-refractivity contribution in [1.82, 2.24) is 15.3 Å². The highest BCUT2D eigenvalue weighted by Gasteiger charge is 2.22. The average molecular weight is 255 g/mol. The minimum atomic E-state index is 0.551. The van der Waals surface area contributed by atoms with Crippen LogP contribution in [0.15, 0.2) is 24.4 Å². The molecule has 4 heteroatoms. The fourth-order valence-electron chi connectivity index (χ4n) is 2.70. The van der Waals surface area contributed by atoms with E-state index in [0.717, 1.165) is 49.8 Å². The molecule has 1 saturated heterocycles. The minimum Gasteiger partial charge on any atom is -0.493 e. The number of nitrogens with zero attached hydrogens (tertiary/aromatic N) is 1. The summed E-state index contributed by atoms with van der Waals surface area (Å²) < 4.78 is 5.65. The molecule has 2 N–H and O–H groups in total.